The van der Waals surface area contributed by atoms with E-state index in [9.17, 15) is 8.42 Å². The number of H-pyrrole nitrogens is 1. The molecule has 1 N–H and O–H groups in total. The maximum Gasteiger partial charge on any atom is 0.244 e. The molecule has 6 nitrogen and oxygen atoms in total. The van der Waals surface area contributed by atoms with E-state index in [1.165, 1.54) is 22.5 Å². The van der Waals surface area contributed by atoms with Crippen LogP contribution in [0.2, 0.25) is 10.0 Å². The zero-order valence-corrected chi connectivity index (χ0v) is 14.7. The van der Waals surface area contributed by atoms with Crippen LogP contribution < -0.4 is 0 Å². The van der Waals surface area contributed by atoms with Crippen molar-refractivity contribution in [1.29, 1.82) is 0 Å². The number of benzene rings is 1. The van der Waals surface area contributed by atoms with E-state index in [0.717, 1.165) is 16.5 Å². The lowest BCUT2D eigenvalue weighted by atomic mass is 10.0. The lowest BCUT2D eigenvalue weighted by molar-refractivity contribution is 0.392. The summed E-state index contributed by atoms with van der Waals surface area (Å²) >= 11 is 11.9. The van der Waals surface area contributed by atoms with Gasteiger partial charge in [0.1, 0.15) is 4.90 Å². The highest BCUT2D eigenvalue weighted by atomic mass is 35.5. The van der Waals surface area contributed by atoms with E-state index in [1.807, 2.05) is 0 Å². The number of sulfonamides is 1. The Bertz CT molecular complexity index is 1050. The summed E-state index contributed by atoms with van der Waals surface area (Å²) in [5.74, 6) is 0. The van der Waals surface area contributed by atoms with Gasteiger partial charge in [-0.3, -0.25) is 5.10 Å². The van der Waals surface area contributed by atoms with Crippen molar-refractivity contribution < 1.29 is 8.42 Å². The summed E-state index contributed by atoms with van der Waals surface area (Å²) in [7, 11) is -3.70. The Labute approximate surface area is 148 Å². The molecule has 0 saturated heterocycles. The van der Waals surface area contributed by atoms with E-state index in [1.54, 1.807) is 12.4 Å². The number of nitrogens with zero attached hydrogens (tertiary/aromatic N) is 3. The van der Waals surface area contributed by atoms with Crippen molar-refractivity contribution in [3.05, 3.63) is 51.8 Å². The van der Waals surface area contributed by atoms with Gasteiger partial charge in [0.15, 0.2) is 5.65 Å². The third kappa shape index (κ3) is 2.48. The molecule has 0 fully saturated rings. The topological polar surface area (TPSA) is 79.0 Å². The molecule has 0 unspecified atom stereocenters. The molecule has 0 amide bonds. The molecule has 1 aromatic carbocycles. The second-order valence-electron chi connectivity index (χ2n) is 5.56. The summed E-state index contributed by atoms with van der Waals surface area (Å²) in [6.07, 6.45) is 4.01. The zero-order chi connectivity index (χ0) is 16.9. The van der Waals surface area contributed by atoms with Crippen molar-refractivity contribution in [3.63, 3.8) is 0 Å². The Morgan fingerprint density at radius 1 is 1.21 bits per heavy atom. The largest absolute Gasteiger partial charge is 0.261 e. The van der Waals surface area contributed by atoms with Crippen molar-refractivity contribution in [2.75, 3.05) is 6.54 Å². The highest BCUT2D eigenvalue weighted by Gasteiger charge is 2.31. The monoisotopic (exact) mass is 382 g/mol. The Balaban J connectivity index is 1.73. The van der Waals surface area contributed by atoms with Gasteiger partial charge in [-0.2, -0.15) is 9.40 Å². The molecule has 9 heteroatoms. The van der Waals surface area contributed by atoms with Crippen molar-refractivity contribution >= 4 is 44.3 Å². The summed E-state index contributed by atoms with van der Waals surface area (Å²) in [6.45, 7) is 0.628. The van der Waals surface area contributed by atoms with Crippen molar-refractivity contribution in [2.24, 2.45) is 0 Å². The third-order valence-electron chi connectivity index (χ3n) is 4.15. The molecule has 24 heavy (non-hydrogen) atoms. The number of hydrogen-bond donors (Lipinski definition) is 1. The van der Waals surface area contributed by atoms with Gasteiger partial charge in [-0.15, -0.1) is 0 Å². The van der Waals surface area contributed by atoms with Crippen LogP contribution in [0.15, 0.2) is 35.5 Å². The predicted molar refractivity (Wildman–Crippen MR) is 91.7 cm³/mol. The molecule has 1 aliphatic heterocycles. The minimum Gasteiger partial charge on any atom is -0.261 e. The van der Waals surface area contributed by atoms with Crippen LogP contribution in [0.1, 0.15) is 11.1 Å². The van der Waals surface area contributed by atoms with Gasteiger partial charge in [0.2, 0.25) is 10.0 Å². The van der Waals surface area contributed by atoms with Crippen LogP contribution in [-0.2, 0) is 23.0 Å². The molecule has 124 valence electrons. The summed E-state index contributed by atoms with van der Waals surface area (Å²) in [6, 6.07) is 4.40. The first-order valence-corrected chi connectivity index (χ1v) is 9.41. The third-order valence-corrected chi connectivity index (χ3v) is 6.71. The number of rotatable bonds is 2. The van der Waals surface area contributed by atoms with E-state index in [0.29, 0.717) is 23.6 Å². The molecule has 0 atom stereocenters. The highest BCUT2D eigenvalue weighted by molar-refractivity contribution is 7.89. The maximum absolute atomic E-state index is 12.9. The normalized spacial score (nSPS) is 15.6. The Morgan fingerprint density at radius 3 is 2.83 bits per heavy atom. The van der Waals surface area contributed by atoms with Crippen LogP contribution in [0.4, 0.5) is 0 Å². The number of aromatic nitrogens is 3. The first kappa shape index (κ1) is 15.8. The number of fused-ring (bicyclic) bond motifs is 3. The van der Waals surface area contributed by atoms with Gasteiger partial charge in [-0.25, -0.2) is 13.4 Å². The minimum atomic E-state index is -3.70. The summed E-state index contributed by atoms with van der Waals surface area (Å²) in [5, 5.41) is 8.28. The van der Waals surface area contributed by atoms with Crippen molar-refractivity contribution in [1.82, 2.24) is 19.5 Å². The number of halogens is 2. The lowest BCUT2D eigenvalue weighted by Crippen LogP contribution is -2.36. The Kier molecular flexibility index (Phi) is 3.76. The number of nitrogens with one attached hydrogen (secondary N) is 1. The molecule has 0 aliphatic carbocycles. The van der Waals surface area contributed by atoms with E-state index >= 15 is 0 Å². The Hall–Kier alpha value is -1.67. The molecule has 3 heterocycles. The van der Waals surface area contributed by atoms with Crippen LogP contribution in [0.25, 0.3) is 11.0 Å². The highest BCUT2D eigenvalue weighted by Crippen LogP contribution is 2.32. The average molecular weight is 383 g/mol. The standard InChI is InChI=1S/C15H12Cl2N4O2S/c16-10-1-2-14(13(17)5-10)24(22,23)21-4-3-11-9(8-21)6-18-15-12(11)7-19-20-15/h1-2,5-7H,3-4,8H2,(H,18,19,20). The van der Waals surface area contributed by atoms with E-state index in [-0.39, 0.29) is 16.5 Å². The van der Waals surface area contributed by atoms with Gasteiger partial charge in [0.25, 0.3) is 0 Å². The summed E-state index contributed by atoms with van der Waals surface area (Å²) < 4.78 is 27.2. The Morgan fingerprint density at radius 2 is 2.04 bits per heavy atom. The molecule has 0 bridgehead atoms. The summed E-state index contributed by atoms with van der Waals surface area (Å²) in [4.78, 5) is 4.35. The quantitative estimate of drug-likeness (QED) is 0.738. The van der Waals surface area contributed by atoms with Gasteiger partial charge >= 0.3 is 0 Å². The number of pyridine rings is 1. The van der Waals surface area contributed by atoms with Crippen LogP contribution in [0.3, 0.4) is 0 Å². The fourth-order valence-corrected chi connectivity index (χ4v) is 5.12. The van der Waals surface area contributed by atoms with Crippen LogP contribution >= 0.6 is 23.2 Å². The number of aromatic amines is 1. The lowest BCUT2D eigenvalue weighted by Gasteiger charge is -2.28. The molecular weight excluding hydrogens is 371 g/mol. The zero-order valence-electron chi connectivity index (χ0n) is 12.3. The average Bonchev–Trinajstić information content (AvgIpc) is 3.03. The SMILES string of the molecule is O=S(=O)(c1ccc(Cl)cc1Cl)N1CCc2c(cnc3[nH]ncc23)C1. The van der Waals surface area contributed by atoms with Gasteiger partial charge in [0, 0.05) is 29.7 Å². The molecular formula is C15H12Cl2N4O2S. The number of hydrogen-bond acceptors (Lipinski definition) is 4. The molecule has 1 aliphatic rings. The molecule has 4 rings (SSSR count). The van der Waals surface area contributed by atoms with Crippen LogP contribution in [0.5, 0.6) is 0 Å². The fraction of sp³-hybridized carbons (Fsp3) is 0.200. The molecule has 0 saturated carbocycles. The minimum absolute atomic E-state index is 0.0642. The van der Waals surface area contributed by atoms with Gasteiger partial charge in [-0.05, 0) is 35.7 Å². The fourth-order valence-electron chi connectivity index (χ4n) is 2.96. The van der Waals surface area contributed by atoms with E-state index in [2.05, 4.69) is 15.2 Å². The van der Waals surface area contributed by atoms with Crippen LogP contribution in [-0.4, -0.2) is 34.4 Å². The van der Waals surface area contributed by atoms with Gasteiger partial charge in [-0.1, -0.05) is 23.2 Å². The van der Waals surface area contributed by atoms with E-state index in [4.69, 9.17) is 23.2 Å². The second kappa shape index (κ2) is 5.70. The van der Waals surface area contributed by atoms with E-state index < -0.39 is 10.0 Å². The molecule has 0 radical (unpaired) electrons. The van der Waals surface area contributed by atoms with Crippen LogP contribution in [0, 0.1) is 0 Å². The van der Waals surface area contributed by atoms with Crippen molar-refractivity contribution in [3.8, 4) is 0 Å². The predicted octanol–water partition coefficient (Wildman–Crippen LogP) is 3.01. The second-order valence-corrected chi connectivity index (χ2v) is 8.31. The molecule has 2 aromatic heterocycles. The van der Waals surface area contributed by atoms with Gasteiger partial charge in [0.05, 0.1) is 11.2 Å². The maximum atomic E-state index is 12.9. The molecule has 3 aromatic rings. The first-order valence-electron chi connectivity index (χ1n) is 7.22. The van der Waals surface area contributed by atoms with Gasteiger partial charge < -0.3 is 0 Å². The van der Waals surface area contributed by atoms with Crippen molar-refractivity contribution in [2.45, 2.75) is 17.9 Å². The smallest absolute Gasteiger partial charge is 0.244 e. The summed E-state index contributed by atoms with van der Waals surface area (Å²) in [5.41, 5.74) is 2.68. The first-order chi connectivity index (χ1) is 11.5. The molecule has 0 spiro atoms.